The summed E-state index contributed by atoms with van der Waals surface area (Å²) in [6, 6.07) is 10.7. The number of thiazole rings is 1. The Bertz CT molecular complexity index is 805. The predicted octanol–water partition coefficient (Wildman–Crippen LogP) is 5.91. The first-order valence-electron chi connectivity index (χ1n) is 6.47. The molecule has 0 aliphatic carbocycles. The Morgan fingerprint density at radius 2 is 1.77 bits per heavy atom. The van der Waals surface area contributed by atoms with E-state index in [1.807, 2.05) is 5.38 Å². The topological polar surface area (TPSA) is 12.9 Å². The number of aromatic nitrogens is 1. The molecule has 1 aromatic heterocycles. The molecule has 0 aliphatic heterocycles. The van der Waals surface area contributed by atoms with E-state index in [-0.39, 0.29) is 11.6 Å². The fraction of sp³-hybridized carbons (Fsp3) is 0. The molecule has 0 spiro atoms. The second-order valence-corrected chi connectivity index (χ2v) is 5.84. The highest BCUT2D eigenvalue weighted by molar-refractivity contribution is 7.10. The smallest absolute Gasteiger partial charge is 0.131 e. The average molecular weight is 334 g/mol. The molecule has 3 aromatic rings. The normalized spacial score (nSPS) is 11.2. The van der Waals surface area contributed by atoms with Crippen LogP contribution in [-0.2, 0) is 0 Å². The lowest BCUT2D eigenvalue weighted by Gasteiger charge is -1.98. The highest BCUT2D eigenvalue weighted by Gasteiger charge is 2.05. The molecule has 1 nitrogen and oxygen atoms in total. The van der Waals surface area contributed by atoms with Crippen LogP contribution in [0.5, 0.6) is 0 Å². The van der Waals surface area contributed by atoms with Crippen molar-refractivity contribution in [2.24, 2.45) is 0 Å². The van der Waals surface area contributed by atoms with Gasteiger partial charge in [-0.2, -0.15) is 0 Å². The van der Waals surface area contributed by atoms with Gasteiger partial charge in [-0.3, -0.25) is 0 Å². The zero-order valence-corrected chi connectivity index (χ0v) is 12.8. The van der Waals surface area contributed by atoms with Crippen LogP contribution >= 0.6 is 22.9 Å². The van der Waals surface area contributed by atoms with Crippen LogP contribution in [-0.4, -0.2) is 4.98 Å². The average Bonchev–Trinajstić information content (AvgIpc) is 2.96. The van der Waals surface area contributed by atoms with E-state index in [1.165, 1.54) is 29.5 Å². The third-order valence-electron chi connectivity index (χ3n) is 3.05. The summed E-state index contributed by atoms with van der Waals surface area (Å²) in [6.45, 7) is 0. The van der Waals surface area contributed by atoms with Crippen molar-refractivity contribution in [1.82, 2.24) is 4.98 Å². The van der Waals surface area contributed by atoms with Gasteiger partial charge in [0.25, 0.3) is 0 Å². The van der Waals surface area contributed by atoms with E-state index in [9.17, 15) is 8.78 Å². The molecule has 110 valence electrons. The van der Waals surface area contributed by atoms with Gasteiger partial charge in [0.2, 0.25) is 0 Å². The van der Waals surface area contributed by atoms with Gasteiger partial charge in [-0.05, 0) is 48.6 Å². The van der Waals surface area contributed by atoms with Crippen molar-refractivity contribution in [2.75, 3.05) is 0 Å². The van der Waals surface area contributed by atoms with Gasteiger partial charge in [-0.15, -0.1) is 11.3 Å². The number of halogens is 3. The van der Waals surface area contributed by atoms with Gasteiger partial charge in [-0.1, -0.05) is 17.7 Å². The van der Waals surface area contributed by atoms with E-state index in [0.717, 1.165) is 16.3 Å². The van der Waals surface area contributed by atoms with Gasteiger partial charge in [0.15, 0.2) is 0 Å². The SMILES string of the molecule is Fc1ccc(-c2csc(C=Cc3c(F)cccc3Cl)n2)cc1. The summed E-state index contributed by atoms with van der Waals surface area (Å²) in [5.41, 5.74) is 1.92. The quantitative estimate of drug-likeness (QED) is 0.580. The van der Waals surface area contributed by atoms with Crippen molar-refractivity contribution in [2.45, 2.75) is 0 Å². The van der Waals surface area contributed by atoms with Gasteiger partial charge in [0.05, 0.1) is 10.7 Å². The van der Waals surface area contributed by atoms with E-state index < -0.39 is 0 Å². The maximum atomic E-state index is 13.7. The molecule has 3 rings (SSSR count). The fourth-order valence-electron chi connectivity index (χ4n) is 1.94. The summed E-state index contributed by atoms with van der Waals surface area (Å²) in [5, 5.41) is 2.95. The van der Waals surface area contributed by atoms with Gasteiger partial charge in [0.1, 0.15) is 16.6 Å². The van der Waals surface area contributed by atoms with Crippen LogP contribution in [0.1, 0.15) is 10.6 Å². The number of nitrogens with zero attached hydrogens (tertiary/aromatic N) is 1. The summed E-state index contributed by atoms with van der Waals surface area (Å²) in [4.78, 5) is 4.43. The zero-order chi connectivity index (χ0) is 15.5. The van der Waals surface area contributed by atoms with Gasteiger partial charge >= 0.3 is 0 Å². The van der Waals surface area contributed by atoms with Crippen molar-refractivity contribution in [3.63, 3.8) is 0 Å². The Morgan fingerprint density at radius 1 is 1.00 bits per heavy atom. The highest BCUT2D eigenvalue weighted by Crippen LogP contribution is 2.25. The van der Waals surface area contributed by atoms with E-state index >= 15 is 0 Å². The summed E-state index contributed by atoms with van der Waals surface area (Å²) < 4.78 is 26.6. The Hall–Kier alpha value is -2.04. The maximum absolute atomic E-state index is 13.7. The number of benzene rings is 2. The molecule has 22 heavy (non-hydrogen) atoms. The van der Waals surface area contributed by atoms with Crippen LogP contribution in [0.2, 0.25) is 5.02 Å². The summed E-state index contributed by atoms with van der Waals surface area (Å²) in [6.07, 6.45) is 3.31. The first kappa shape index (κ1) is 14.9. The Labute approximate surface area is 135 Å². The molecule has 0 atom stereocenters. The van der Waals surface area contributed by atoms with Crippen molar-refractivity contribution in [3.8, 4) is 11.3 Å². The Morgan fingerprint density at radius 3 is 2.50 bits per heavy atom. The van der Waals surface area contributed by atoms with Crippen LogP contribution in [0.4, 0.5) is 8.78 Å². The molecule has 0 radical (unpaired) electrons. The first-order chi connectivity index (χ1) is 10.6. The van der Waals surface area contributed by atoms with E-state index in [1.54, 1.807) is 36.4 Å². The summed E-state index contributed by atoms with van der Waals surface area (Å²) in [7, 11) is 0. The minimum Gasteiger partial charge on any atom is -0.237 e. The Balaban J connectivity index is 1.85. The minimum atomic E-state index is -0.376. The molecule has 0 aliphatic rings. The molecule has 0 saturated carbocycles. The van der Waals surface area contributed by atoms with Crippen molar-refractivity contribution in [1.29, 1.82) is 0 Å². The van der Waals surface area contributed by atoms with E-state index in [2.05, 4.69) is 4.98 Å². The zero-order valence-electron chi connectivity index (χ0n) is 11.3. The molecular weight excluding hydrogens is 324 g/mol. The minimum absolute atomic E-state index is 0.284. The largest absolute Gasteiger partial charge is 0.237 e. The van der Waals surface area contributed by atoms with E-state index in [0.29, 0.717) is 10.6 Å². The van der Waals surface area contributed by atoms with Crippen molar-refractivity contribution >= 4 is 35.1 Å². The molecule has 0 bridgehead atoms. The highest BCUT2D eigenvalue weighted by atomic mass is 35.5. The molecule has 0 fully saturated rings. The third kappa shape index (κ3) is 3.24. The van der Waals surface area contributed by atoms with Crippen LogP contribution in [0.25, 0.3) is 23.4 Å². The second-order valence-electron chi connectivity index (χ2n) is 4.55. The fourth-order valence-corrected chi connectivity index (χ4v) is 2.89. The van der Waals surface area contributed by atoms with Gasteiger partial charge in [-0.25, -0.2) is 13.8 Å². The summed E-state index contributed by atoms with van der Waals surface area (Å²) in [5.74, 6) is -0.660. The molecule has 0 unspecified atom stereocenters. The maximum Gasteiger partial charge on any atom is 0.131 e. The van der Waals surface area contributed by atoms with Gasteiger partial charge < -0.3 is 0 Å². The molecule has 2 aromatic carbocycles. The third-order valence-corrected chi connectivity index (χ3v) is 4.19. The Kier molecular flexibility index (Phi) is 4.32. The molecule has 1 heterocycles. The van der Waals surface area contributed by atoms with Gasteiger partial charge in [0, 0.05) is 16.5 Å². The van der Waals surface area contributed by atoms with Crippen molar-refractivity contribution in [3.05, 3.63) is 75.1 Å². The van der Waals surface area contributed by atoms with Crippen LogP contribution in [0, 0.1) is 11.6 Å². The molecule has 0 saturated heterocycles. The standard InChI is InChI=1S/C17H10ClF2NS/c18-14-2-1-3-15(20)13(14)8-9-17-21-16(10-22-17)11-4-6-12(19)7-5-11/h1-10H. The monoisotopic (exact) mass is 333 g/mol. The molecular formula is C17H10ClF2NS. The molecule has 0 N–H and O–H groups in total. The predicted molar refractivity (Wildman–Crippen MR) is 87.8 cm³/mol. The number of rotatable bonds is 3. The number of hydrogen-bond donors (Lipinski definition) is 0. The van der Waals surface area contributed by atoms with Crippen LogP contribution < -0.4 is 0 Å². The molecule has 0 amide bonds. The summed E-state index contributed by atoms with van der Waals surface area (Å²) >= 11 is 7.39. The first-order valence-corrected chi connectivity index (χ1v) is 7.73. The van der Waals surface area contributed by atoms with Crippen LogP contribution in [0.15, 0.2) is 47.8 Å². The lowest BCUT2D eigenvalue weighted by atomic mass is 10.2. The van der Waals surface area contributed by atoms with Crippen LogP contribution in [0.3, 0.4) is 0 Å². The lowest BCUT2D eigenvalue weighted by molar-refractivity contribution is 0.625. The second kappa shape index (κ2) is 6.38. The number of hydrogen-bond acceptors (Lipinski definition) is 2. The van der Waals surface area contributed by atoms with Crippen molar-refractivity contribution < 1.29 is 8.78 Å². The lowest BCUT2D eigenvalue weighted by Crippen LogP contribution is -1.82. The molecule has 5 heteroatoms. The van der Waals surface area contributed by atoms with E-state index in [4.69, 9.17) is 11.6 Å².